The molecular weight excluding hydrogens is 406 g/mol. The molecule has 1 aromatic carbocycles. The molecule has 0 bridgehead atoms. The van der Waals surface area contributed by atoms with Crippen LogP contribution in [-0.2, 0) is 11.8 Å². The molecule has 2 aromatic heterocycles. The van der Waals surface area contributed by atoms with Crippen LogP contribution < -0.4 is 10.2 Å². The third-order valence-corrected chi connectivity index (χ3v) is 6.11. The Bertz CT molecular complexity index is 1060. The van der Waals surface area contributed by atoms with E-state index in [2.05, 4.69) is 47.2 Å². The largest absolute Gasteiger partial charge is 0.369 e. The Morgan fingerprint density at radius 1 is 1.22 bits per heavy atom. The first kappa shape index (κ1) is 16.5. The van der Waals surface area contributed by atoms with Crippen molar-refractivity contribution in [3.63, 3.8) is 0 Å². The van der Waals surface area contributed by atoms with Crippen molar-refractivity contribution in [3.05, 3.63) is 40.4 Å². The molecule has 0 aliphatic carbocycles. The van der Waals surface area contributed by atoms with E-state index >= 15 is 0 Å². The third kappa shape index (κ3) is 2.65. The molecule has 2 aliphatic rings. The van der Waals surface area contributed by atoms with E-state index in [1.807, 2.05) is 18.2 Å². The normalized spacial score (nSPS) is 18.1. The van der Waals surface area contributed by atoms with E-state index in [1.54, 1.807) is 6.33 Å². The maximum atomic E-state index is 10.0. The topological polar surface area (TPSA) is 93.5 Å². The van der Waals surface area contributed by atoms with E-state index in [0.29, 0.717) is 0 Å². The van der Waals surface area contributed by atoms with Gasteiger partial charge in [0.1, 0.15) is 29.2 Å². The standard InChI is InChI=1S/C19H18BrN7/c20-12-1-2-14-15(9-12)26-18(25-14)19(10-21)4-7-27(8-5-19)17-13-3-6-22-16(13)23-11-24-17/h1-2,9,11H,3-8H2,(H,25,26)(H,22,23,24). The number of hydrogen-bond acceptors (Lipinski definition) is 6. The number of imidazole rings is 1. The van der Waals surface area contributed by atoms with Crippen molar-refractivity contribution in [1.82, 2.24) is 19.9 Å². The number of H-pyrrole nitrogens is 1. The summed E-state index contributed by atoms with van der Waals surface area (Å²) in [6.45, 7) is 2.46. The van der Waals surface area contributed by atoms with Crippen molar-refractivity contribution in [3.8, 4) is 6.07 Å². The van der Waals surface area contributed by atoms with Gasteiger partial charge in [0.2, 0.25) is 0 Å². The Kier molecular flexibility index (Phi) is 3.79. The molecule has 8 heteroatoms. The average Bonchev–Trinajstić information content (AvgIpc) is 3.34. The number of rotatable bonds is 2. The summed E-state index contributed by atoms with van der Waals surface area (Å²) in [7, 11) is 0. The summed E-state index contributed by atoms with van der Waals surface area (Å²) in [6, 6.07) is 8.51. The van der Waals surface area contributed by atoms with Crippen LogP contribution in [0.15, 0.2) is 29.0 Å². The molecule has 4 heterocycles. The van der Waals surface area contributed by atoms with Crippen molar-refractivity contribution in [2.45, 2.75) is 24.7 Å². The van der Waals surface area contributed by atoms with Crippen molar-refractivity contribution in [2.24, 2.45) is 0 Å². The van der Waals surface area contributed by atoms with Gasteiger partial charge in [0.25, 0.3) is 0 Å². The summed E-state index contributed by atoms with van der Waals surface area (Å²) < 4.78 is 0.986. The highest BCUT2D eigenvalue weighted by molar-refractivity contribution is 9.10. The summed E-state index contributed by atoms with van der Waals surface area (Å²) >= 11 is 3.48. The molecule has 0 radical (unpaired) electrons. The predicted molar refractivity (Wildman–Crippen MR) is 107 cm³/mol. The van der Waals surface area contributed by atoms with Crippen LogP contribution in [0.1, 0.15) is 24.2 Å². The number of halogens is 1. The fourth-order valence-corrected chi connectivity index (χ4v) is 4.42. The van der Waals surface area contributed by atoms with Gasteiger partial charge in [0.05, 0.1) is 17.1 Å². The van der Waals surface area contributed by atoms with E-state index < -0.39 is 5.41 Å². The minimum Gasteiger partial charge on any atom is -0.369 e. The van der Waals surface area contributed by atoms with E-state index in [-0.39, 0.29) is 0 Å². The summed E-state index contributed by atoms with van der Waals surface area (Å²) in [5.41, 5.74) is 2.45. The Morgan fingerprint density at radius 3 is 2.89 bits per heavy atom. The molecule has 2 aliphatic heterocycles. The molecule has 0 saturated carbocycles. The third-order valence-electron chi connectivity index (χ3n) is 5.62. The van der Waals surface area contributed by atoms with Gasteiger partial charge in [-0.25, -0.2) is 15.0 Å². The maximum Gasteiger partial charge on any atom is 0.137 e. The molecule has 3 aromatic rings. The second-order valence-corrected chi connectivity index (χ2v) is 8.04. The lowest BCUT2D eigenvalue weighted by Crippen LogP contribution is -2.43. The van der Waals surface area contributed by atoms with Crippen LogP contribution in [0, 0.1) is 11.3 Å². The second kappa shape index (κ2) is 6.20. The quantitative estimate of drug-likeness (QED) is 0.657. The monoisotopic (exact) mass is 423 g/mol. The molecule has 0 unspecified atom stereocenters. The van der Waals surface area contributed by atoms with Gasteiger partial charge in [-0.3, -0.25) is 0 Å². The van der Waals surface area contributed by atoms with Crippen molar-refractivity contribution in [2.75, 3.05) is 29.9 Å². The lowest BCUT2D eigenvalue weighted by atomic mass is 9.79. The number of anilines is 2. The fourth-order valence-electron chi connectivity index (χ4n) is 4.07. The first-order valence-corrected chi connectivity index (χ1v) is 9.87. The minimum absolute atomic E-state index is 0.587. The van der Waals surface area contributed by atoms with Crippen LogP contribution in [0.5, 0.6) is 0 Å². The van der Waals surface area contributed by atoms with Gasteiger partial charge in [0, 0.05) is 29.7 Å². The van der Waals surface area contributed by atoms with Crippen LogP contribution in [-0.4, -0.2) is 39.6 Å². The van der Waals surface area contributed by atoms with Gasteiger partial charge in [-0.05, 0) is 37.5 Å². The summed E-state index contributed by atoms with van der Waals surface area (Å²) in [6.07, 6.45) is 4.01. The lowest BCUT2D eigenvalue weighted by Gasteiger charge is -2.37. The zero-order valence-electron chi connectivity index (χ0n) is 14.7. The first-order chi connectivity index (χ1) is 13.2. The van der Waals surface area contributed by atoms with Crippen molar-refractivity contribution < 1.29 is 0 Å². The van der Waals surface area contributed by atoms with Crippen LogP contribution in [0.25, 0.3) is 11.0 Å². The fraction of sp³-hybridized carbons (Fsp3) is 0.368. The molecule has 0 amide bonds. The van der Waals surface area contributed by atoms with Gasteiger partial charge in [0.15, 0.2) is 0 Å². The highest BCUT2D eigenvalue weighted by Crippen LogP contribution is 2.37. The van der Waals surface area contributed by atoms with Crippen molar-refractivity contribution in [1.29, 1.82) is 5.26 Å². The number of aromatic nitrogens is 4. The Labute approximate surface area is 165 Å². The Balaban J connectivity index is 1.43. The molecule has 0 spiro atoms. The van der Waals surface area contributed by atoms with Crippen LogP contribution in [0.2, 0.25) is 0 Å². The highest BCUT2D eigenvalue weighted by atomic mass is 79.9. The number of benzene rings is 1. The maximum absolute atomic E-state index is 10.0. The van der Waals surface area contributed by atoms with Gasteiger partial charge in [-0.15, -0.1) is 0 Å². The molecule has 7 nitrogen and oxygen atoms in total. The molecular formula is C19H18BrN7. The van der Waals surface area contributed by atoms with Crippen LogP contribution in [0.3, 0.4) is 0 Å². The SMILES string of the molecule is N#CC1(c2nc3cc(Br)ccc3[nH]2)CCN(c2ncnc3c2CCN3)CC1. The summed E-state index contributed by atoms with van der Waals surface area (Å²) in [4.78, 5) is 19.2. The lowest BCUT2D eigenvalue weighted by molar-refractivity contribution is 0.398. The van der Waals surface area contributed by atoms with Gasteiger partial charge in [-0.1, -0.05) is 15.9 Å². The Morgan fingerprint density at radius 2 is 2.07 bits per heavy atom. The van der Waals surface area contributed by atoms with Gasteiger partial charge < -0.3 is 15.2 Å². The molecule has 136 valence electrons. The van der Waals surface area contributed by atoms with Gasteiger partial charge >= 0.3 is 0 Å². The van der Waals surface area contributed by atoms with E-state index in [4.69, 9.17) is 4.98 Å². The number of aromatic amines is 1. The summed E-state index contributed by atoms with van der Waals surface area (Å²) in [5.74, 6) is 2.72. The van der Waals surface area contributed by atoms with E-state index in [1.165, 1.54) is 5.56 Å². The van der Waals surface area contributed by atoms with Crippen LogP contribution >= 0.6 is 15.9 Å². The molecule has 1 saturated heterocycles. The van der Waals surface area contributed by atoms with Crippen LogP contribution in [0.4, 0.5) is 11.6 Å². The summed E-state index contributed by atoms with van der Waals surface area (Å²) in [5, 5.41) is 13.3. The number of piperidine rings is 1. The number of nitrogens with one attached hydrogen (secondary N) is 2. The highest BCUT2D eigenvalue weighted by Gasteiger charge is 2.40. The van der Waals surface area contributed by atoms with E-state index in [0.717, 1.165) is 71.9 Å². The number of nitrogens with zero attached hydrogens (tertiary/aromatic N) is 5. The number of fused-ring (bicyclic) bond motifs is 2. The molecule has 5 rings (SSSR count). The predicted octanol–water partition coefficient (Wildman–Crippen LogP) is 3.15. The average molecular weight is 424 g/mol. The zero-order valence-corrected chi connectivity index (χ0v) is 16.3. The number of nitriles is 1. The minimum atomic E-state index is -0.587. The molecule has 2 N–H and O–H groups in total. The molecule has 0 atom stereocenters. The zero-order chi connectivity index (χ0) is 18.4. The Hall–Kier alpha value is -2.66. The molecule has 1 fully saturated rings. The van der Waals surface area contributed by atoms with E-state index in [9.17, 15) is 5.26 Å². The first-order valence-electron chi connectivity index (χ1n) is 9.08. The second-order valence-electron chi connectivity index (χ2n) is 7.13. The van der Waals surface area contributed by atoms with Gasteiger partial charge in [-0.2, -0.15) is 5.26 Å². The number of hydrogen-bond donors (Lipinski definition) is 2. The smallest absolute Gasteiger partial charge is 0.137 e. The van der Waals surface area contributed by atoms with Crippen molar-refractivity contribution >= 4 is 38.6 Å². The molecule has 27 heavy (non-hydrogen) atoms.